The molecule has 1 aliphatic rings. The number of hydrogen-bond donors (Lipinski definition) is 3. The molecule has 0 saturated carbocycles. The van der Waals surface area contributed by atoms with Crippen LogP contribution in [0.25, 0.3) is 0 Å². The van der Waals surface area contributed by atoms with Crippen LogP contribution in [0.4, 0.5) is 5.69 Å². The molecule has 2 aromatic rings. The van der Waals surface area contributed by atoms with Crippen molar-refractivity contribution in [2.24, 2.45) is 0 Å². The average Bonchev–Trinajstić information content (AvgIpc) is 2.94. The van der Waals surface area contributed by atoms with E-state index in [1.807, 2.05) is 41.5 Å². The van der Waals surface area contributed by atoms with Gasteiger partial charge in [0.05, 0.1) is 12.8 Å². The largest absolute Gasteiger partial charge is 0.507 e. The quantitative estimate of drug-likeness (QED) is 0.454. The molecule has 0 fully saturated rings. The summed E-state index contributed by atoms with van der Waals surface area (Å²) < 4.78 is 25.5. The Hall–Kier alpha value is -2.39. The van der Waals surface area contributed by atoms with Crippen molar-refractivity contribution in [1.82, 2.24) is 4.90 Å². The Labute approximate surface area is 212 Å². The van der Waals surface area contributed by atoms with Gasteiger partial charge in [0.15, 0.2) is 5.78 Å². The van der Waals surface area contributed by atoms with Crippen molar-refractivity contribution in [3.8, 4) is 5.75 Å². The lowest BCUT2D eigenvalue weighted by Gasteiger charge is -2.28. The summed E-state index contributed by atoms with van der Waals surface area (Å²) in [7, 11) is -3.43. The second-order valence-corrected chi connectivity index (χ2v) is 12.5. The summed E-state index contributed by atoms with van der Waals surface area (Å²) in [6.07, 6.45) is 1.08. The van der Waals surface area contributed by atoms with Gasteiger partial charge in [0.25, 0.3) is 0 Å². The summed E-state index contributed by atoms with van der Waals surface area (Å²) in [6, 6.07) is 8.57. The molecule has 2 aromatic carbocycles. The molecule has 9 heteroatoms. The molecule has 0 atom stereocenters. The molecule has 7 nitrogen and oxygen atoms in total. The monoisotopic (exact) mass is 551 g/mol. The SMILES string of the molecule is Br.CC(C)(C)c1cc(C(=O)CN2Cc3ccc(NS(C)(=O)=O)cc3C2=N)cc(C(C)(C)C)c1O. The third-order valence-corrected chi connectivity index (χ3v) is 6.33. The maximum atomic E-state index is 13.3. The van der Waals surface area contributed by atoms with Crippen LogP contribution >= 0.6 is 17.0 Å². The van der Waals surface area contributed by atoms with Crippen molar-refractivity contribution in [1.29, 1.82) is 5.41 Å². The van der Waals surface area contributed by atoms with Crippen LogP contribution in [0.5, 0.6) is 5.75 Å². The van der Waals surface area contributed by atoms with E-state index < -0.39 is 10.0 Å². The van der Waals surface area contributed by atoms with E-state index in [0.717, 1.165) is 22.9 Å². The molecule has 1 aliphatic heterocycles. The molecule has 34 heavy (non-hydrogen) atoms. The van der Waals surface area contributed by atoms with E-state index in [2.05, 4.69) is 4.72 Å². The zero-order chi connectivity index (χ0) is 24.9. The van der Waals surface area contributed by atoms with E-state index in [0.29, 0.717) is 23.4 Å². The first-order valence-corrected chi connectivity index (χ1v) is 12.7. The minimum absolute atomic E-state index is 0. The van der Waals surface area contributed by atoms with Crippen LogP contribution in [-0.2, 0) is 27.4 Å². The van der Waals surface area contributed by atoms with Crippen molar-refractivity contribution in [3.63, 3.8) is 0 Å². The van der Waals surface area contributed by atoms with E-state index in [1.54, 1.807) is 35.2 Å². The summed E-state index contributed by atoms with van der Waals surface area (Å²) in [6.45, 7) is 12.4. The number of carbonyl (C=O) groups excluding carboxylic acids is 1. The number of Topliss-reactive ketones (excluding diaryl/α,β-unsaturated/α-hetero) is 1. The van der Waals surface area contributed by atoms with Gasteiger partial charge in [0.1, 0.15) is 11.6 Å². The van der Waals surface area contributed by atoms with Crippen LogP contribution in [0.2, 0.25) is 0 Å². The number of benzene rings is 2. The van der Waals surface area contributed by atoms with Crippen molar-refractivity contribution < 1.29 is 18.3 Å². The molecule has 0 amide bonds. The molecular weight excluding hydrogens is 518 g/mol. The molecule has 3 N–H and O–H groups in total. The van der Waals surface area contributed by atoms with Gasteiger partial charge in [-0.25, -0.2) is 8.42 Å². The number of ketones is 1. The lowest BCUT2D eigenvalue weighted by Crippen LogP contribution is -2.30. The zero-order valence-corrected chi connectivity index (χ0v) is 23.3. The number of rotatable bonds is 5. The first-order chi connectivity index (χ1) is 15.0. The van der Waals surface area contributed by atoms with E-state index in [-0.39, 0.29) is 51.7 Å². The number of carbonyl (C=O) groups is 1. The minimum atomic E-state index is -3.43. The normalized spacial score (nSPS) is 14.0. The Morgan fingerprint density at radius 3 is 2.06 bits per heavy atom. The fraction of sp³-hybridized carbons (Fsp3) is 0.440. The number of phenols is 1. The van der Waals surface area contributed by atoms with E-state index in [1.165, 1.54) is 0 Å². The lowest BCUT2D eigenvalue weighted by molar-refractivity contribution is 0.0962. The number of halogens is 1. The molecule has 3 rings (SSSR count). The molecule has 0 aliphatic carbocycles. The first-order valence-electron chi connectivity index (χ1n) is 10.8. The fourth-order valence-electron chi connectivity index (χ4n) is 4.01. The predicted octanol–water partition coefficient (Wildman–Crippen LogP) is 4.96. The Balaban J connectivity index is 0.00000408. The van der Waals surface area contributed by atoms with Crippen molar-refractivity contribution in [2.75, 3.05) is 17.5 Å². The van der Waals surface area contributed by atoms with E-state index in [4.69, 9.17) is 5.41 Å². The zero-order valence-electron chi connectivity index (χ0n) is 20.7. The molecular formula is C25H34BrN3O4S. The van der Waals surface area contributed by atoms with Gasteiger partial charge in [-0.3, -0.25) is 14.9 Å². The number of aromatic hydroxyl groups is 1. The first kappa shape index (κ1) is 27.9. The number of nitrogens with zero attached hydrogens (tertiary/aromatic N) is 1. The smallest absolute Gasteiger partial charge is 0.229 e. The van der Waals surface area contributed by atoms with Crippen LogP contribution in [0, 0.1) is 5.41 Å². The van der Waals surface area contributed by atoms with Gasteiger partial charge in [-0.2, -0.15) is 0 Å². The molecule has 186 valence electrons. The van der Waals surface area contributed by atoms with Gasteiger partial charge in [0.2, 0.25) is 10.0 Å². The highest BCUT2D eigenvalue weighted by atomic mass is 79.9. The Morgan fingerprint density at radius 1 is 1.06 bits per heavy atom. The van der Waals surface area contributed by atoms with Crippen molar-refractivity contribution in [2.45, 2.75) is 58.9 Å². The highest BCUT2D eigenvalue weighted by molar-refractivity contribution is 8.93. The maximum Gasteiger partial charge on any atom is 0.229 e. The minimum Gasteiger partial charge on any atom is -0.507 e. The highest BCUT2D eigenvalue weighted by Crippen LogP contribution is 2.40. The van der Waals surface area contributed by atoms with Gasteiger partial charge in [-0.15, -0.1) is 17.0 Å². The third-order valence-electron chi connectivity index (χ3n) is 5.73. The van der Waals surface area contributed by atoms with Crippen molar-refractivity contribution in [3.05, 3.63) is 58.1 Å². The average molecular weight is 553 g/mol. The Kier molecular flexibility index (Phi) is 7.65. The molecule has 0 saturated heterocycles. The van der Waals surface area contributed by atoms with Gasteiger partial charge < -0.3 is 10.0 Å². The second kappa shape index (κ2) is 9.34. The van der Waals surface area contributed by atoms with Crippen LogP contribution in [0.1, 0.15) is 74.2 Å². The molecule has 0 bridgehead atoms. The number of amidine groups is 1. The van der Waals surface area contributed by atoms with Crippen LogP contribution in [0.15, 0.2) is 30.3 Å². The predicted molar refractivity (Wildman–Crippen MR) is 142 cm³/mol. The Bertz CT molecular complexity index is 1210. The molecule has 0 unspecified atom stereocenters. The van der Waals surface area contributed by atoms with Gasteiger partial charge in [-0.05, 0) is 40.7 Å². The van der Waals surface area contributed by atoms with Crippen LogP contribution in [0.3, 0.4) is 0 Å². The van der Waals surface area contributed by atoms with Crippen LogP contribution in [-0.4, -0.2) is 42.8 Å². The maximum absolute atomic E-state index is 13.3. The van der Waals surface area contributed by atoms with Gasteiger partial charge in [-0.1, -0.05) is 47.6 Å². The number of fused-ring (bicyclic) bond motifs is 1. The molecule has 0 aromatic heterocycles. The standard InChI is InChI=1S/C25H33N3O4S.BrH/c1-24(2,3)19-10-16(11-20(22(19)30)25(4,5)6)21(29)14-28-13-15-8-9-17(27-33(7,31)32)12-18(15)23(28)26;/h8-12,26-27,30H,13-14H2,1-7H3;1H. The number of nitrogens with one attached hydrogen (secondary N) is 2. The number of anilines is 1. The third kappa shape index (κ3) is 5.99. The van der Waals surface area contributed by atoms with E-state index in [9.17, 15) is 18.3 Å². The van der Waals surface area contributed by atoms with Gasteiger partial charge in [0, 0.05) is 34.5 Å². The lowest BCUT2D eigenvalue weighted by atomic mass is 9.78. The van der Waals surface area contributed by atoms with Gasteiger partial charge >= 0.3 is 0 Å². The van der Waals surface area contributed by atoms with E-state index >= 15 is 0 Å². The summed E-state index contributed by atoms with van der Waals surface area (Å²) in [5, 5.41) is 19.5. The molecule has 0 spiro atoms. The number of sulfonamides is 1. The highest BCUT2D eigenvalue weighted by Gasteiger charge is 2.30. The number of hydrogen-bond acceptors (Lipinski definition) is 5. The topological polar surface area (TPSA) is 111 Å². The van der Waals surface area contributed by atoms with Crippen molar-refractivity contribution >= 4 is 44.3 Å². The fourth-order valence-corrected chi connectivity index (χ4v) is 4.56. The summed E-state index contributed by atoms with van der Waals surface area (Å²) in [4.78, 5) is 15.0. The molecule has 0 radical (unpaired) electrons. The summed E-state index contributed by atoms with van der Waals surface area (Å²) in [5.74, 6) is 0.262. The summed E-state index contributed by atoms with van der Waals surface area (Å²) in [5.41, 5.74) is 3.10. The second-order valence-electron chi connectivity index (χ2n) is 10.8. The molecule has 1 heterocycles. The van der Waals surface area contributed by atoms with Crippen LogP contribution < -0.4 is 4.72 Å². The summed E-state index contributed by atoms with van der Waals surface area (Å²) >= 11 is 0. The number of phenolic OH excluding ortho intramolecular Hbond substituents is 1. The Morgan fingerprint density at radius 2 is 1.59 bits per heavy atom.